The molecule has 0 amide bonds. The lowest BCUT2D eigenvalue weighted by Gasteiger charge is -2.25. The molecule has 0 rings (SSSR count). The van der Waals surface area contributed by atoms with E-state index >= 15 is 0 Å². The molecule has 0 aliphatic heterocycles. The minimum atomic E-state index is -0.332. The number of hydrogen-bond acceptors (Lipinski definition) is 2. The van der Waals surface area contributed by atoms with Gasteiger partial charge < -0.3 is 10.2 Å². The highest BCUT2D eigenvalue weighted by atomic mass is 16.3. The van der Waals surface area contributed by atoms with Crippen LogP contribution >= 0.6 is 0 Å². The first kappa shape index (κ1) is 13.9. The molecule has 86 valence electrons. The monoisotopic (exact) mass is 202 g/mol. The van der Waals surface area contributed by atoms with E-state index in [0.29, 0.717) is 5.92 Å². The predicted octanol–water partition coefficient (Wildman–Crippen LogP) is 2.58. The van der Waals surface area contributed by atoms with Gasteiger partial charge in [0.2, 0.25) is 0 Å². The molecule has 0 radical (unpaired) electrons. The van der Waals surface area contributed by atoms with Gasteiger partial charge in [-0.25, -0.2) is 0 Å². The SMILES string of the molecule is CCCCCC(C)C(O)C(CC)CO. The number of aliphatic hydroxyl groups is 2. The molecule has 0 saturated carbocycles. The molecular formula is C12H26O2. The Bertz CT molecular complexity index is 121. The second kappa shape index (κ2) is 8.25. The molecule has 3 unspecified atom stereocenters. The van der Waals surface area contributed by atoms with Gasteiger partial charge in [-0.3, -0.25) is 0 Å². The highest BCUT2D eigenvalue weighted by molar-refractivity contribution is 4.72. The molecule has 0 aromatic rings. The lowest BCUT2D eigenvalue weighted by molar-refractivity contribution is 0.0230. The summed E-state index contributed by atoms with van der Waals surface area (Å²) in [5, 5.41) is 19.0. The fourth-order valence-electron chi connectivity index (χ4n) is 1.83. The minimum absolute atomic E-state index is 0.0617. The van der Waals surface area contributed by atoms with E-state index in [2.05, 4.69) is 13.8 Å². The summed E-state index contributed by atoms with van der Waals surface area (Å²) in [4.78, 5) is 0. The molecule has 0 aliphatic carbocycles. The van der Waals surface area contributed by atoms with Crippen LogP contribution in [0.3, 0.4) is 0 Å². The minimum Gasteiger partial charge on any atom is -0.396 e. The molecule has 0 spiro atoms. The summed E-state index contributed by atoms with van der Waals surface area (Å²) >= 11 is 0. The van der Waals surface area contributed by atoms with Crippen molar-refractivity contribution < 1.29 is 10.2 Å². The summed E-state index contributed by atoms with van der Waals surface area (Å²) in [6.07, 6.45) is 5.26. The van der Waals surface area contributed by atoms with Gasteiger partial charge in [-0.2, -0.15) is 0 Å². The molecule has 0 heterocycles. The number of unbranched alkanes of at least 4 members (excludes halogenated alkanes) is 2. The predicted molar refractivity (Wildman–Crippen MR) is 60.2 cm³/mol. The number of hydrogen-bond donors (Lipinski definition) is 2. The van der Waals surface area contributed by atoms with E-state index in [9.17, 15) is 5.11 Å². The summed E-state index contributed by atoms with van der Waals surface area (Å²) in [5.74, 6) is 0.380. The first-order chi connectivity index (χ1) is 6.67. The molecule has 2 nitrogen and oxygen atoms in total. The lowest BCUT2D eigenvalue weighted by atomic mass is 9.87. The van der Waals surface area contributed by atoms with Crippen LogP contribution in [0, 0.1) is 11.8 Å². The van der Waals surface area contributed by atoms with Gasteiger partial charge in [0.25, 0.3) is 0 Å². The summed E-state index contributed by atoms with van der Waals surface area (Å²) in [5.41, 5.74) is 0. The highest BCUT2D eigenvalue weighted by Gasteiger charge is 2.22. The van der Waals surface area contributed by atoms with Crippen molar-refractivity contribution in [3.8, 4) is 0 Å². The normalized spacial score (nSPS) is 17.8. The van der Waals surface area contributed by atoms with Crippen molar-refractivity contribution in [1.29, 1.82) is 0 Å². The van der Waals surface area contributed by atoms with Gasteiger partial charge in [0.1, 0.15) is 0 Å². The van der Waals surface area contributed by atoms with Crippen molar-refractivity contribution in [2.45, 2.75) is 59.0 Å². The second-order valence-electron chi connectivity index (χ2n) is 4.31. The second-order valence-corrected chi connectivity index (χ2v) is 4.31. The van der Waals surface area contributed by atoms with Crippen molar-refractivity contribution in [2.75, 3.05) is 6.61 Å². The molecule has 0 aromatic carbocycles. The van der Waals surface area contributed by atoms with E-state index in [1.165, 1.54) is 19.3 Å². The van der Waals surface area contributed by atoms with Gasteiger partial charge in [0.15, 0.2) is 0 Å². The van der Waals surface area contributed by atoms with Crippen molar-refractivity contribution in [1.82, 2.24) is 0 Å². The third-order valence-corrected chi connectivity index (χ3v) is 3.09. The van der Waals surface area contributed by atoms with Crippen molar-refractivity contribution in [2.24, 2.45) is 11.8 Å². The number of aliphatic hydroxyl groups excluding tert-OH is 2. The van der Waals surface area contributed by atoms with E-state index in [1.54, 1.807) is 0 Å². The van der Waals surface area contributed by atoms with Gasteiger partial charge in [-0.1, -0.05) is 40.0 Å². The molecular weight excluding hydrogens is 176 g/mol. The number of rotatable bonds is 8. The summed E-state index contributed by atoms with van der Waals surface area (Å²) in [7, 11) is 0. The molecule has 0 saturated heterocycles. The Morgan fingerprint density at radius 3 is 2.21 bits per heavy atom. The molecule has 0 fully saturated rings. The Kier molecular flexibility index (Phi) is 8.20. The van der Waals surface area contributed by atoms with Crippen LogP contribution in [-0.2, 0) is 0 Å². The maximum absolute atomic E-state index is 9.92. The fourth-order valence-corrected chi connectivity index (χ4v) is 1.83. The molecule has 0 bridgehead atoms. The standard InChI is InChI=1S/C12H26O2/c1-4-6-7-8-10(3)12(14)11(5-2)9-13/h10-14H,4-9H2,1-3H3. The molecule has 0 aliphatic rings. The maximum atomic E-state index is 9.92. The van der Waals surface area contributed by atoms with Gasteiger partial charge in [0.05, 0.1) is 6.10 Å². The zero-order valence-electron chi connectivity index (χ0n) is 9.87. The van der Waals surface area contributed by atoms with Gasteiger partial charge in [0, 0.05) is 12.5 Å². The smallest absolute Gasteiger partial charge is 0.0615 e. The van der Waals surface area contributed by atoms with Gasteiger partial charge in [-0.15, -0.1) is 0 Å². The largest absolute Gasteiger partial charge is 0.396 e. The van der Waals surface area contributed by atoms with Crippen LogP contribution in [0.4, 0.5) is 0 Å². The third kappa shape index (κ3) is 4.97. The Labute approximate surface area is 88.3 Å². The first-order valence-corrected chi connectivity index (χ1v) is 5.96. The molecule has 0 aromatic heterocycles. The maximum Gasteiger partial charge on any atom is 0.0615 e. The van der Waals surface area contributed by atoms with Crippen LogP contribution in [0.15, 0.2) is 0 Å². The van der Waals surface area contributed by atoms with Crippen molar-refractivity contribution >= 4 is 0 Å². The van der Waals surface area contributed by atoms with E-state index in [1.807, 2.05) is 6.92 Å². The molecule has 2 heteroatoms. The molecule has 2 N–H and O–H groups in total. The third-order valence-electron chi connectivity index (χ3n) is 3.09. The Morgan fingerprint density at radius 1 is 1.14 bits per heavy atom. The zero-order valence-corrected chi connectivity index (χ0v) is 9.87. The zero-order chi connectivity index (χ0) is 11.0. The Hall–Kier alpha value is -0.0800. The molecule has 14 heavy (non-hydrogen) atoms. The summed E-state index contributed by atoms with van der Waals surface area (Å²) in [6, 6.07) is 0. The average Bonchev–Trinajstić information content (AvgIpc) is 2.19. The Balaban J connectivity index is 3.78. The van der Waals surface area contributed by atoms with E-state index in [0.717, 1.165) is 12.8 Å². The average molecular weight is 202 g/mol. The fraction of sp³-hybridized carbons (Fsp3) is 1.00. The van der Waals surface area contributed by atoms with E-state index < -0.39 is 0 Å². The van der Waals surface area contributed by atoms with Gasteiger partial charge >= 0.3 is 0 Å². The van der Waals surface area contributed by atoms with Crippen molar-refractivity contribution in [3.05, 3.63) is 0 Å². The van der Waals surface area contributed by atoms with Crippen LogP contribution in [-0.4, -0.2) is 22.9 Å². The van der Waals surface area contributed by atoms with Crippen LogP contribution in [0.2, 0.25) is 0 Å². The first-order valence-electron chi connectivity index (χ1n) is 5.96. The van der Waals surface area contributed by atoms with Crippen LogP contribution < -0.4 is 0 Å². The topological polar surface area (TPSA) is 40.5 Å². The Morgan fingerprint density at radius 2 is 1.79 bits per heavy atom. The highest BCUT2D eigenvalue weighted by Crippen LogP contribution is 2.21. The van der Waals surface area contributed by atoms with Crippen LogP contribution in [0.5, 0.6) is 0 Å². The van der Waals surface area contributed by atoms with E-state index in [-0.39, 0.29) is 18.6 Å². The summed E-state index contributed by atoms with van der Waals surface area (Å²) in [6.45, 7) is 6.39. The quantitative estimate of drug-likeness (QED) is 0.594. The lowest BCUT2D eigenvalue weighted by Crippen LogP contribution is -2.29. The van der Waals surface area contributed by atoms with Crippen LogP contribution in [0.25, 0.3) is 0 Å². The van der Waals surface area contributed by atoms with Crippen molar-refractivity contribution in [3.63, 3.8) is 0 Å². The van der Waals surface area contributed by atoms with E-state index in [4.69, 9.17) is 5.11 Å². The van der Waals surface area contributed by atoms with Crippen LogP contribution in [0.1, 0.15) is 52.9 Å². The molecule has 3 atom stereocenters. The summed E-state index contributed by atoms with van der Waals surface area (Å²) < 4.78 is 0. The van der Waals surface area contributed by atoms with Gasteiger partial charge in [-0.05, 0) is 18.8 Å².